The number of carbonyl (C=O) groups is 1. The molecular weight excluding hydrogens is 279 g/mol. The number of rotatable bonds is 3. The lowest BCUT2D eigenvalue weighted by Crippen LogP contribution is -2.24. The summed E-state index contributed by atoms with van der Waals surface area (Å²) >= 11 is 0. The summed E-state index contributed by atoms with van der Waals surface area (Å²) in [6.07, 6.45) is 2.69. The summed E-state index contributed by atoms with van der Waals surface area (Å²) in [6, 6.07) is 14.0. The summed E-state index contributed by atoms with van der Waals surface area (Å²) in [4.78, 5) is 16.3. The SMILES string of the molecule is CCc1ccc(/C=C2/N=C(c3cccc(F)c3)NC2=O)cc1. The maximum atomic E-state index is 13.3. The van der Waals surface area contributed by atoms with Gasteiger partial charge in [-0.25, -0.2) is 9.38 Å². The third-order valence-corrected chi connectivity index (χ3v) is 3.49. The second-order valence-corrected chi connectivity index (χ2v) is 5.05. The van der Waals surface area contributed by atoms with Crippen molar-refractivity contribution in [1.82, 2.24) is 5.32 Å². The smallest absolute Gasteiger partial charge is 0.275 e. The molecule has 3 rings (SSSR count). The van der Waals surface area contributed by atoms with E-state index in [1.165, 1.54) is 17.7 Å². The molecule has 0 spiro atoms. The molecule has 0 saturated carbocycles. The first-order chi connectivity index (χ1) is 10.7. The minimum Gasteiger partial charge on any atom is -0.305 e. The molecule has 0 bridgehead atoms. The minimum absolute atomic E-state index is 0.279. The van der Waals surface area contributed by atoms with Gasteiger partial charge in [-0.15, -0.1) is 0 Å². The van der Waals surface area contributed by atoms with Gasteiger partial charge in [0.25, 0.3) is 5.91 Å². The lowest BCUT2D eigenvalue weighted by atomic mass is 10.1. The van der Waals surface area contributed by atoms with Crippen LogP contribution in [0, 0.1) is 5.82 Å². The highest BCUT2D eigenvalue weighted by molar-refractivity contribution is 6.19. The van der Waals surface area contributed by atoms with E-state index >= 15 is 0 Å². The molecule has 0 radical (unpaired) electrons. The van der Waals surface area contributed by atoms with Crippen molar-refractivity contribution in [2.24, 2.45) is 4.99 Å². The predicted molar refractivity (Wildman–Crippen MR) is 84.9 cm³/mol. The van der Waals surface area contributed by atoms with Crippen molar-refractivity contribution in [2.75, 3.05) is 0 Å². The number of amides is 1. The van der Waals surface area contributed by atoms with Crippen molar-refractivity contribution < 1.29 is 9.18 Å². The van der Waals surface area contributed by atoms with E-state index in [1.54, 1.807) is 18.2 Å². The maximum absolute atomic E-state index is 13.3. The van der Waals surface area contributed by atoms with Crippen molar-refractivity contribution in [2.45, 2.75) is 13.3 Å². The Kier molecular flexibility index (Phi) is 3.83. The summed E-state index contributed by atoms with van der Waals surface area (Å²) in [6.45, 7) is 2.09. The average Bonchev–Trinajstić information content (AvgIpc) is 2.89. The Morgan fingerprint density at radius 3 is 2.64 bits per heavy atom. The molecule has 2 aromatic rings. The molecule has 0 aromatic heterocycles. The van der Waals surface area contributed by atoms with Gasteiger partial charge in [0.1, 0.15) is 17.3 Å². The highest BCUT2D eigenvalue weighted by atomic mass is 19.1. The molecular formula is C18H15FN2O. The Morgan fingerprint density at radius 1 is 1.18 bits per heavy atom. The van der Waals surface area contributed by atoms with Gasteiger partial charge in [-0.3, -0.25) is 4.79 Å². The van der Waals surface area contributed by atoms with Crippen molar-refractivity contribution in [1.29, 1.82) is 0 Å². The van der Waals surface area contributed by atoms with Crippen LogP contribution in [0.4, 0.5) is 4.39 Å². The molecule has 4 heteroatoms. The standard InChI is InChI=1S/C18H15FN2O/c1-2-12-6-8-13(9-7-12)10-16-18(22)21-17(20-16)14-4-3-5-15(19)11-14/h3-11H,2H2,1H3,(H,20,21,22)/b16-10+. The normalized spacial score (nSPS) is 15.8. The fourth-order valence-corrected chi connectivity index (χ4v) is 2.25. The second-order valence-electron chi connectivity index (χ2n) is 5.05. The van der Waals surface area contributed by atoms with E-state index in [1.807, 2.05) is 24.3 Å². The average molecular weight is 294 g/mol. The number of nitrogens with one attached hydrogen (secondary N) is 1. The summed E-state index contributed by atoms with van der Waals surface area (Å²) < 4.78 is 13.3. The number of benzene rings is 2. The Bertz CT molecular complexity index is 776. The molecule has 110 valence electrons. The quantitative estimate of drug-likeness (QED) is 0.867. The van der Waals surface area contributed by atoms with Crippen LogP contribution in [0.5, 0.6) is 0 Å². The number of hydrogen-bond donors (Lipinski definition) is 1. The zero-order chi connectivity index (χ0) is 15.5. The first kappa shape index (κ1) is 14.2. The number of aliphatic imine (C=N–C) groups is 1. The highest BCUT2D eigenvalue weighted by Gasteiger charge is 2.21. The van der Waals surface area contributed by atoms with E-state index in [4.69, 9.17) is 0 Å². The third kappa shape index (κ3) is 2.96. The summed E-state index contributed by atoms with van der Waals surface area (Å²) in [5, 5.41) is 2.67. The lowest BCUT2D eigenvalue weighted by molar-refractivity contribution is -0.115. The molecule has 0 fully saturated rings. The van der Waals surface area contributed by atoms with E-state index in [2.05, 4.69) is 17.2 Å². The number of amidine groups is 1. The molecule has 1 N–H and O–H groups in total. The van der Waals surface area contributed by atoms with Crippen molar-refractivity contribution in [3.05, 3.63) is 76.7 Å². The number of carbonyl (C=O) groups excluding carboxylic acids is 1. The van der Waals surface area contributed by atoms with Crippen LogP contribution in [-0.2, 0) is 11.2 Å². The van der Waals surface area contributed by atoms with Crippen LogP contribution in [0.15, 0.2) is 59.2 Å². The van der Waals surface area contributed by atoms with Crippen LogP contribution in [0.1, 0.15) is 23.6 Å². The monoisotopic (exact) mass is 294 g/mol. The van der Waals surface area contributed by atoms with Gasteiger partial charge in [0.2, 0.25) is 0 Å². The summed E-state index contributed by atoms with van der Waals surface area (Å²) in [5.41, 5.74) is 3.02. The molecule has 0 unspecified atom stereocenters. The molecule has 1 amide bonds. The molecule has 0 saturated heterocycles. The lowest BCUT2D eigenvalue weighted by Gasteiger charge is -1.99. The Hall–Kier alpha value is -2.75. The molecule has 0 atom stereocenters. The second kappa shape index (κ2) is 5.93. The van der Waals surface area contributed by atoms with E-state index in [9.17, 15) is 9.18 Å². The first-order valence-electron chi connectivity index (χ1n) is 7.12. The summed E-state index contributed by atoms with van der Waals surface area (Å²) in [7, 11) is 0. The topological polar surface area (TPSA) is 41.5 Å². The van der Waals surface area contributed by atoms with Crippen LogP contribution >= 0.6 is 0 Å². The number of hydrogen-bond acceptors (Lipinski definition) is 2. The molecule has 22 heavy (non-hydrogen) atoms. The van der Waals surface area contributed by atoms with Gasteiger partial charge in [-0.2, -0.15) is 0 Å². The van der Waals surface area contributed by atoms with Gasteiger partial charge in [0.15, 0.2) is 0 Å². The van der Waals surface area contributed by atoms with E-state index < -0.39 is 0 Å². The molecule has 2 aromatic carbocycles. The van der Waals surface area contributed by atoms with Crippen molar-refractivity contribution in [3.8, 4) is 0 Å². The van der Waals surface area contributed by atoms with E-state index in [-0.39, 0.29) is 11.7 Å². The van der Waals surface area contributed by atoms with Gasteiger partial charge in [0.05, 0.1) is 0 Å². The zero-order valence-electron chi connectivity index (χ0n) is 12.1. The number of nitrogens with zero attached hydrogens (tertiary/aromatic N) is 1. The minimum atomic E-state index is -0.359. The number of aryl methyl sites for hydroxylation is 1. The highest BCUT2D eigenvalue weighted by Crippen LogP contribution is 2.16. The van der Waals surface area contributed by atoms with Gasteiger partial charge < -0.3 is 5.32 Å². The Morgan fingerprint density at radius 2 is 1.95 bits per heavy atom. The van der Waals surface area contributed by atoms with Gasteiger partial charge in [0, 0.05) is 5.56 Å². The fourth-order valence-electron chi connectivity index (χ4n) is 2.25. The van der Waals surface area contributed by atoms with Gasteiger partial charge >= 0.3 is 0 Å². The molecule has 1 aliphatic heterocycles. The van der Waals surface area contributed by atoms with Crippen LogP contribution in [0.25, 0.3) is 6.08 Å². The van der Waals surface area contributed by atoms with Crippen LogP contribution in [0.3, 0.4) is 0 Å². The molecule has 1 heterocycles. The van der Waals surface area contributed by atoms with Gasteiger partial charge in [-0.05, 0) is 35.8 Å². The molecule has 3 nitrogen and oxygen atoms in total. The van der Waals surface area contributed by atoms with Crippen LogP contribution in [-0.4, -0.2) is 11.7 Å². The van der Waals surface area contributed by atoms with Crippen LogP contribution < -0.4 is 5.32 Å². The maximum Gasteiger partial charge on any atom is 0.275 e. The van der Waals surface area contributed by atoms with Gasteiger partial charge in [-0.1, -0.05) is 43.3 Å². The van der Waals surface area contributed by atoms with E-state index in [0.717, 1.165) is 12.0 Å². The zero-order valence-corrected chi connectivity index (χ0v) is 12.1. The largest absolute Gasteiger partial charge is 0.305 e. The Labute approximate surface area is 128 Å². The first-order valence-corrected chi connectivity index (χ1v) is 7.12. The summed E-state index contributed by atoms with van der Waals surface area (Å²) in [5.74, 6) is -0.262. The number of halogens is 1. The predicted octanol–water partition coefficient (Wildman–Crippen LogP) is 3.31. The fraction of sp³-hybridized carbons (Fsp3) is 0.111. The molecule has 0 aliphatic carbocycles. The van der Waals surface area contributed by atoms with Crippen molar-refractivity contribution >= 4 is 17.8 Å². The van der Waals surface area contributed by atoms with Crippen molar-refractivity contribution in [3.63, 3.8) is 0 Å². The molecule has 1 aliphatic rings. The van der Waals surface area contributed by atoms with Crippen LogP contribution in [0.2, 0.25) is 0 Å². The third-order valence-electron chi connectivity index (χ3n) is 3.49. The van der Waals surface area contributed by atoms with E-state index in [0.29, 0.717) is 17.1 Å². The Balaban J connectivity index is 1.90.